The normalized spacial score (nSPS) is 17.7. The van der Waals surface area contributed by atoms with Crippen molar-refractivity contribution in [2.75, 3.05) is 13.1 Å². The van der Waals surface area contributed by atoms with Crippen LogP contribution in [-0.4, -0.2) is 44.5 Å². The number of aliphatic carboxylic acids is 1. The fraction of sp³-hybridized carbons (Fsp3) is 0.400. The van der Waals surface area contributed by atoms with Gasteiger partial charge >= 0.3 is 12.0 Å². The fourth-order valence-electron chi connectivity index (χ4n) is 2.79. The number of urea groups is 1. The summed E-state index contributed by atoms with van der Waals surface area (Å²) in [7, 11) is 0. The number of hydrogen-bond donors (Lipinski definition) is 2. The molecule has 2 aromatic heterocycles. The molecule has 23 heavy (non-hydrogen) atoms. The van der Waals surface area contributed by atoms with Crippen LogP contribution < -0.4 is 5.32 Å². The summed E-state index contributed by atoms with van der Waals surface area (Å²) in [4.78, 5) is 29.1. The maximum atomic E-state index is 12.1. The van der Waals surface area contributed by atoms with E-state index in [1.54, 1.807) is 0 Å². The molecule has 0 aromatic carbocycles. The second-order valence-electron chi connectivity index (χ2n) is 5.73. The number of aromatic nitrogens is 2. The van der Waals surface area contributed by atoms with Crippen LogP contribution in [0.25, 0.3) is 5.65 Å². The first kappa shape index (κ1) is 15.8. The maximum absolute atomic E-state index is 12.1. The highest BCUT2D eigenvalue weighted by Crippen LogP contribution is 2.18. The number of carbonyl (C=O) groups is 2. The van der Waals surface area contributed by atoms with Crippen molar-refractivity contribution in [2.24, 2.45) is 5.92 Å². The van der Waals surface area contributed by atoms with Crippen LogP contribution in [0.1, 0.15) is 17.7 Å². The molecule has 7 nitrogen and oxygen atoms in total. The molecule has 1 aliphatic heterocycles. The van der Waals surface area contributed by atoms with Crippen LogP contribution in [0.4, 0.5) is 4.79 Å². The van der Waals surface area contributed by atoms with Gasteiger partial charge in [-0.05, 0) is 40.9 Å². The van der Waals surface area contributed by atoms with Crippen LogP contribution in [0.2, 0.25) is 0 Å². The van der Waals surface area contributed by atoms with E-state index >= 15 is 0 Å². The number of aryl methyl sites for hydroxylation is 1. The van der Waals surface area contributed by atoms with Crippen molar-refractivity contribution in [3.63, 3.8) is 0 Å². The van der Waals surface area contributed by atoms with Crippen molar-refractivity contribution in [1.29, 1.82) is 0 Å². The Balaban J connectivity index is 1.63. The Morgan fingerprint density at radius 3 is 2.96 bits per heavy atom. The summed E-state index contributed by atoms with van der Waals surface area (Å²) in [5.74, 6) is -1.31. The molecule has 1 saturated heterocycles. The van der Waals surface area contributed by atoms with Crippen molar-refractivity contribution in [2.45, 2.75) is 19.9 Å². The third-order valence-electron chi connectivity index (χ3n) is 4.00. The number of hydrogen-bond acceptors (Lipinski definition) is 3. The van der Waals surface area contributed by atoms with Crippen LogP contribution >= 0.6 is 15.9 Å². The first-order chi connectivity index (χ1) is 10.9. The molecule has 1 aliphatic rings. The molecule has 3 rings (SSSR count). The number of carboxylic acid groups (broad SMARTS) is 1. The monoisotopic (exact) mass is 380 g/mol. The lowest BCUT2D eigenvalue weighted by atomic mass is 10.1. The van der Waals surface area contributed by atoms with Crippen LogP contribution in [0, 0.1) is 12.8 Å². The molecule has 0 aliphatic carbocycles. The molecule has 2 aromatic rings. The number of fused-ring (bicyclic) bond motifs is 1. The largest absolute Gasteiger partial charge is 0.481 e. The molecule has 3 heterocycles. The van der Waals surface area contributed by atoms with Gasteiger partial charge in [-0.25, -0.2) is 9.78 Å². The second kappa shape index (κ2) is 6.19. The quantitative estimate of drug-likeness (QED) is 0.852. The first-order valence-electron chi connectivity index (χ1n) is 7.33. The average molecular weight is 381 g/mol. The molecule has 8 heteroatoms. The zero-order chi connectivity index (χ0) is 16.6. The molecule has 0 saturated carbocycles. The minimum atomic E-state index is -0.846. The lowest BCUT2D eigenvalue weighted by Gasteiger charge is -2.16. The second-order valence-corrected chi connectivity index (χ2v) is 6.65. The summed E-state index contributed by atoms with van der Waals surface area (Å²) in [6.07, 6.45) is 4.29. The summed E-state index contributed by atoms with van der Waals surface area (Å²) in [6.45, 7) is 3.02. The van der Waals surface area contributed by atoms with E-state index in [9.17, 15) is 9.59 Å². The highest BCUT2D eigenvalue weighted by atomic mass is 79.9. The van der Waals surface area contributed by atoms with Gasteiger partial charge in [0.1, 0.15) is 5.65 Å². The number of nitrogens with zero attached hydrogens (tertiary/aromatic N) is 3. The average Bonchev–Trinajstić information content (AvgIpc) is 3.11. The van der Waals surface area contributed by atoms with E-state index < -0.39 is 11.9 Å². The lowest BCUT2D eigenvalue weighted by molar-refractivity contribution is -0.141. The first-order valence-corrected chi connectivity index (χ1v) is 8.12. The van der Waals surface area contributed by atoms with Gasteiger partial charge in [0.2, 0.25) is 0 Å². The van der Waals surface area contributed by atoms with Gasteiger partial charge in [0.15, 0.2) is 0 Å². The number of nitrogens with one attached hydrogen (secondary N) is 1. The van der Waals surface area contributed by atoms with Crippen LogP contribution in [0.5, 0.6) is 0 Å². The molecule has 1 atom stereocenters. The molecule has 122 valence electrons. The highest BCUT2D eigenvalue weighted by Gasteiger charge is 2.30. The number of carbonyl (C=O) groups excluding carboxylic acids is 1. The van der Waals surface area contributed by atoms with Gasteiger partial charge in [-0.3, -0.25) is 4.79 Å². The van der Waals surface area contributed by atoms with E-state index in [1.165, 1.54) is 4.90 Å². The summed E-state index contributed by atoms with van der Waals surface area (Å²) in [6, 6.07) is 1.74. The van der Waals surface area contributed by atoms with Gasteiger partial charge in [-0.15, -0.1) is 0 Å². The molecular weight excluding hydrogens is 364 g/mol. The fourth-order valence-corrected chi connectivity index (χ4v) is 3.35. The summed E-state index contributed by atoms with van der Waals surface area (Å²) in [5.41, 5.74) is 2.65. The van der Waals surface area contributed by atoms with Crippen LogP contribution in [0.15, 0.2) is 22.9 Å². The standard InChI is InChI=1S/C15H17BrN4O3/c1-9-4-11(16)7-20-8-12(18-13(9)20)5-17-15(23)19-3-2-10(6-19)14(21)22/h4,7-8,10H,2-3,5-6H2,1H3,(H,17,23)(H,21,22). The van der Waals surface area contributed by atoms with E-state index in [0.717, 1.165) is 21.4 Å². The topological polar surface area (TPSA) is 86.9 Å². The van der Waals surface area contributed by atoms with Gasteiger partial charge in [-0.2, -0.15) is 0 Å². The summed E-state index contributed by atoms with van der Waals surface area (Å²) < 4.78 is 2.88. The third-order valence-corrected chi connectivity index (χ3v) is 4.43. The van der Waals surface area contributed by atoms with Crippen molar-refractivity contribution in [1.82, 2.24) is 19.6 Å². The maximum Gasteiger partial charge on any atom is 0.317 e. The van der Waals surface area contributed by atoms with Gasteiger partial charge in [0.05, 0.1) is 18.2 Å². The van der Waals surface area contributed by atoms with Gasteiger partial charge < -0.3 is 19.7 Å². The minimum absolute atomic E-state index is 0.247. The van der Waals surface area contributed by atoms with Crippen LogP contribution in [0.3, 0.4) is 0 Å². The number of amides is 2. The smallest absolute Gasteiger partial charge is 0.317 e. The minimum Gasteiger partial charge on any atom is -0.481 e. The van der Waals surface area contributed by atoms with Gasteiger partial charge in [0.25, 0.3) is 0 Å². The predicted molar refractivity (Wildman–Crippen MR) is 87.2 cm³/mol. The molecule has 2 amide bonds. The van der Waals surface area contributed by atoms with E-state index in [4.69, 9.17) is 5.11 Å². The van der Waals surface area contributed by atoms with Crippen molar-refractivity contribution in [3.8, 4) is 0 Å². The van der Waals surface area contributed by atoms with Crippen molar-refractivity contribution >= 4 is 33.6 Å². The molecule has 1 fully saturated rings. The van der Waals surface area contributed by atoms with Gasteiger partial charge in [-0.1, -0.05) is 0 Å². The SMILES string of the molecule is Cc1cc(Br)cn2cc(CNC(=O)N3CCC(C(=O)O)C3)nc12. The van der Waals surface area contributed by atoms with E-state index in [1.807, 2.05) is 29.8 Å². The third kappa shape index (κ3) is 3.31. The summed E-state index contributed by atoms with van der Waals surface area (Å²) >= 11 is 3.44. The van der Waals surface area contributed by atoms with E-state index in [-0.39, 0.29) is 12.6 Å². The zero-order valence-electron chi connectivity index (χ0n) is 12.6. The number of pyridine rings is 1. The Bertz CT molecular complexity index is 773. The van der Waals surface area contributed by atoms with Crippen molar-refractivity contribution in [3.05, 3.63) is 34.2 Å². The molecule has 0 spiro atoms. The highest BCUT2D eigenvalue weighted by molar-refractivity contribution is 9.10. The molecule has 2 N–H and O–H groups in total. The predicted octanol–water partition coefficient (Wildman–Crippen LogP) is 2.02. The van der Waals surface area contributed by atoms with Gasteiger partial charge in [0, 0.05) is 30.0 Å². The van der Waals surface area contributed by atoms with Crippen molar-refractivity contribution < 1.29 is 14.7 Å². The Kier molecular flexibility index (Phi) is 4.25. The Morgan fingerprint density at radius 1 is 1.48 bits per heavy atom. The number of likely N-dealkylation sites (tertiary alicyclic amines) is 1. The molecule has 0 bridgehead atoms. The molecular formula is C15H17BrN4O3. The number of carboxylic acids is 1. The number of rotatable bonds is 3. The molecule has 1 unspecified atom stereocenters. The number of halogens is 1. The lowest BCUT2D eigenvalue weighted by Crippen LogP contribution is -2.38. The Hall–Kier alpha value is -2.09. The van der Waals surface area contributed by atoms with Crippen LogP contribution in [-0.2, 0) is 11.3 Å². The van der Waals surface area contributed by atoms with E-state index in [2.05, 4.69) is 26.2 Å². The Morgan fingerprint density at radius 2 is 2.26 bits per heavy atom. The zero-order valence-corrected chi connectivity index (χ0v) is 14.2. The molecule has 0 radical (unpaired) electrons. The Labute approximate surface area is 141 Å². The number of imidazole rings is 1. The van der Waals surface area contributed by atoms with E-state index in [0.29, 0.717) is 19.5 Å². The summed E-state index contributed by atoms with van der Waals surface area (Å²) in [5, 5.41) is 11.8.